The van der Waals surface area contributed by atoms with E-state index in [9.17, 15) is 8.42 Å². The molecule has 2 aromatic heterocycles. The largest absolute Gasteiger partial charge is 0.282 e. The van der Waals surface area contributed by atoms with Crippen molar-refractivity contribution in [1.29, 1.82) is 0 Å². The first-order valence-electron chi connectivity index (χ1n) is 8.32. The van der Waals surface area contributed by atoms with Crippen LogP contribution in [0.15, 0.2) is 65.7 Å². The third-order valence-electron chi connectivity index (χ3n) is 4.06. The summed E-state index contributed by atoms with van der Waals surface area (Å²) in [6, 6.07) is 15.8. The van der Waals surface area contributed by atoms with Gasteiger partial charge in [0.1, 0.15) is 5.69 Å². The van der Waals surface area contributed by atoms with Crippen molar-refractivity contribution in [3.8, 4) is 22.6 Å². The Balaban J connectivity index is 1.79. The Morgan fingerprint density at radius 1 is 1.04 bits per heavy atom. The van der Waals surface area contributed by atoms with E-state index in [1.807, 2.05) is 31.2 Å². The quantitative estimate of drug-likeness (QED) is 0.436. The van der Waals surface area contributed by atoms with E-state index >= 15 is 0 Å². The molecule has 4 rings (SSSR count). The summed E-state index contributed by atoms with van der Waals surface area (Å²) in [6.45, 7) is 1.99. The van der Waals surface area contributed by atoms with Crippen molar-refractivity contribution in [3.63, 3.8) is 0 Å². The number of nitrogens with zero attached hydrogens (tertiary/aromatic N) is 3. The van der Waals surface area contributed by atoms with Crippen LogP contribution < -0.4 is 4.83 Å². The fourth-order valence-corrected chi connectivity index (χ4v) is 3.79. The average molecular weight is 413 g/mol. The topological polar surface area (TPSA) is 108 Å². The molecular weight excluding hydrogens is 396 g/mol. The molecule has 0 aliphatic heterocycles. The maximum absolute atomic E-state index is 12.6. The molecule has 0 saturated heterocycles. The van der Waals surface area contributed by atoms with Crippen LogP contribution in [0.3, 0.4) is 0 Å². The number of aryl methyl sites for hydroxylation is 1. The second kappa shape index (κ2) is 7.06. The van der Waals surface area contributed by atoms with E-state index in [4.69, 9.17) is 12.2 Å². The summed E-state index contributed by atoms with van der Waals surface area (Å²) in [6.07, 6.45) is 1.55. The van der Waals surface area contributed by atoms with Crippen LogP contribution in [0.1, 0.15) is 5.56 Å². The lowest BCUT2D eigenvalue weighted by molar-refractivity contribution is 0.592. The molecule has 142 valence electrons. The molecule has 0 bridgehead atoms. The van der Waals surface area contributed by atoms with Crippen molar-refractivity contribution in [1.82, 2.24) is 25.1 Å². The highest BCUT2D eigenvalue weighted by atomic mass is 32.2. The molecule has 0 aliphatic carbocycles. The van der Waals surface area contributed by atoms with Crippen molar-refractivity contribution in [2.75, 3.05) is 4.83 Å². The van der Waals surface area contributed by atoms with Gasteiger partial charge in [0.25, 0.3) is 10.0 Å². The molecule has 4 aromatic rings. The first-order chi connectivity index (χ1) is 13.4. The fraction of sp³-hybridized carbons (Fsp3) is 0.0556. The van der Waals surface area contributed by atoms with E-state index in [1.165, 1.54) is 16.9 Å². The van der Waals surface area contributed by atoms with Crippen LogP contribution in [-0.2, 0) is 10.0 Å². The summed E-state index contributed by atoms with van der Waals surface area (Å²) in [5.41, 5.74) is 3.09. The number of hydrogen-bond donors (Lipinski definition) is 3. The van der Waals surface area contributed by atoms with Crippen molar-refractivity contribution in [3.05, 3.63) is 71.1 Å². The Kier molecular flexibility index (Phi) is 4.57. The first kappa shape index (κ1) is 18.1. The Bertz CT molecular complexity index is 1270. The van der Waals surface area contributed by atoms with E-state index in [0.29, 0.717) is 21.9 Å². The Morgan fingerprint density at radius 3 is 2.39 bits per heavy atom. The van der Waals surface area contributed by atoms with Crippen molar-refractivity contribution >= 4 is 22.2 Å². The number of aromatic nitrogens is 5. The average Bonchev–Trinajstić information content (AvgIpc) is 3.29. The number of aromatic amines is 2. The van der Waals surface area contributed by atoms with Gasteiger partial charge in [0, 0.05) is 5.56 Å². The van der Waals surface area contributed by atoms with Gasteiger partial charge in [-0.25, -0.2) is 0 Å². The summed E-state index contributed by atoms with van der Waals surface area (Å²) in [5.74, 6) is 0.464. The molecule has 0 saturated carbocycles. The SMILES string of the molecule is Cc1ccc(-c2nn(NS(=O)(=O)c3ccccc3)cc2-c2nc(=S)[nH][nH]2)cc1. The normalized spacial score (nSPS) is 11.5. The number of benzene rings is 2. The summed E-state index contributed by atoms with van der Waals surface area (Å²) < 4.78 is 25.5. The van der Waals surface area contributed by atoms with Crippen molar-refractivity contribution in [2.45, 2.75) is 11.8 Å². The first-order valence-corrected chi connectivity index (χ1v) is 10.2. The number of hydrogen-bond acceptors (Lipinski definition) is 5. The predicted molar refractivity (Wildman–Crippen MR) is 108 cm³/mol. The molecule has 0 amide bonds. The zero-order valence-corrected chi connectivity index (χ0v) is 16.4. The minimum Gasteiger partial charge on any atom is -0.282 e. The van der Waals surface area contributed by atoms with Gasteiger partial charge in [-0.2, -0.15) is 28.1 Å². The zero-order chi connectivity index (χ0) is 19.7. The van der Waals surface area contributed by atoms with E-state index in [1.54, 1.807) is 24.4 Å². The predicted octanol–water partition coefficient (Wildman–Crippen LogP) is 3.24. The van der Waals surface area contributed by atoms with Crippen molar-refractivity contribution < 1.29 is 8.42 Å². The Labute approximate surface area is 166 Å². The molecule has 0 aliphatic rings. The van der Waals surface area contributed by atoms with Gasteiger partial charge in [-0.3, -0.25) is 10.2 Å². The van der Waals surface area contributed by atoms with Gasteiger partial charge in [-0.15, -0.1) is 0 Å². The van der Waals surface area contributed by atoms with Gasteiger partial charge >= 0.3 is 0 Å². The summed E-state index contributed by atoms with van der Waals surface area (Å²) in [4.78, 5) is 7.99. The lowest BCUT2D eigenvalue weighted by atomic mass is 10.1. The standard InChI is InChI=1S/C18H16N6O2S2/c1-12-7-9-13(10-8-12)16-15(17-19-18(27)21-20-17)11-24(22-16)23-28(25,26)14-5-3-2-4-6-14/h2-11,23H,1H3,(H2,19,20,21,27). The van der Waals surface area contributed by atoms with Gasteiger partial charge in [0.2, 0.25) is 4.77 Å². The van der Waals surface area contributed by atoms with Crippen LogP contribution in [-0.4, -0.2) is 33.5 Å². The Morgan fingerprint density at radius 2 is 1.75 bits per heavy atom. The highest BCUT2D eigenvalue weighted by Crippen LogP contribution is 2.29. The molecule has 2 heterocycles. The molecule has 0 unspecified atom stereocenters. The van der Waals surface area contributed by atoms with E-state index < -0.39 is 10.0 Å². The van der Waals surface area contributed by atoms with E-state index in [-0.39, 0.29) is 4.90 Å². The fourth-order valence-electron chi connectivity index (χ4n) is 2.69. The van der Waals surface area contributed by atoms with Crippen LogP contribution >= 0.6 is 12.2 Å². The lowest BCUT2D eigenvalue weighted by Gasteiger charge is -2.07. The minimum absolute atomic E-state index is 0.142. The van der Waals surface area contributed by atoms with Crippen LogP contribution in [0.4, 0.5) is 0 Å². The zero-order valence-electron chi connectivity index (χ0n) is 14.7. The molecule has 0 spiro atoms. The van der Waals surface area contributed by atoms with Crippen LogP contribution in [0.5, 0.6) is 0 Å². The highest BCUT2D eigenvalue weighted by molar-refractivity contribution is 7.92. The Hall–Kier alpha value is -3.24. The summed E-state index contributed by atoms with van der Waals surface area (Å²) in [5, 5.41) is 10.0. The second-order valence-electron chi connectivity index (χ2n) is 6.13. The van der Waals surface area contributed by atoms with Crippen LogP contribution in [0, 0.1) is 11.7 Å². The smallest absolute Gasteiger partial charge is 0.276 e. The molecule has 10 heteroatoms. The van der Waals surface area contributed by atoms with Crippen LogP contribution in [0.25, 0.3) is 22.6 Å². The lowest BCUT2D eigenvalue weighted by Crippen LogP contribution is -2.23. The molecular formula is C18H16N6O2S2. The van der Waals surface area contributed by atoms with E-state index in [0.717, 1.165) is 11.1 Å². The van der Waals surface area contributed by atoms with Crippen LogP contribution in [0.2, 0.25) is 0 Å². The number of H-pyrrole nitrogens is 2. The van der Waals surface area contributed by atoms with Gasteiger partial charge in [0.15, 0.2) is 5.82 Å². The summed E-state index contributed by atoms with van der Waals surface area (Å²) >= 11 is 5.03. The second-order valence-corrected chi connectivity index (χ2v) is 8.17. The van der Waals surface area contributed by atoms with Gasteiger partial charge < -0.3 is 0 Å². The minimum atomic E-state index is -3.79. The van der Waals surface area contributed by atoms with Crippen molar-refractivity contribution in [2.24, 2.45) is 0 Å². The van der Waals surface area contributed by atoms with Gasteiger partial charge in [-0.1, -0.05) is 48.0 Å². The van der Waals surface area contributed by atoms with E-state index in [2.05, 4.69) is 25.1 Å². The molecule has 28 heavy (non-hydrogen) atoms. The monoisotopic (exact) mass is 412 g/mol. The molecule has 3 N–H and O–H groups in total. The molecule has 2 aromatic carbocycles. The third-order valence-corrected chi connectivity index (χ3v) is 5.58. The highest BCUT2D eigenvalue weighted by Gasteiger charge is 2.19. The maximum Gasteiger partial charge on any atom is 0.276 e. The molecule has 8 nitrogen and oxygen atoms in total. The maximum atomic E-state index is 12.6. The molecule has 0 fully saturated rings. The summed E-state index contributed by atoms with van der Waals surface area (Å²) in [7, 11) is -3.79. The number of rotatable bonds is 5. The number of sulfonamides is 1. The van der Waals surface area contributed by atoms with Gasteiger partial charge in [-0.05, 0) is 31.3 Å². The molecule has 0 atom stereocenters. The number of nitrogens with one attached hydrogen (secondary N) is 3. The third kappa shape index (κ3) is 3.59. The molecule has 0 radical (unpaired) electrons. The van der Waals surface area contributed by atoms with Gasteiger partial charge in [0.05, 0.1) is 16.7 Å².